The molecule has 276 valence electrons. The van der Waals surface area contributed by atoms with Crippen LogP contribution >= 0.6 is 12.4 Å². The molecule has 14 heteroatoms. The van der Waals surface area contributed by atoms with E-state index in [0.29, 0.717) is 48.3 Å². The number of hydrogen-bond donors (Lipinski definition) is 6. The molecule has 0 radical (unpaired) electrons. The quantitative estimate of drug-likeness (QED) is 0.117. The number of aromatic amines is 1. The van der Waals surface area contributed by atoms with Gasteiger partial charge in [-0.3, -0.25) is 14.4 Å². The van der Waals surface area contributed by atoms with Gasteiger partial charge in [-0.25, -0.2) is 0 Å². The summed E-state index contributed by atoms with van der Waals surface area (Å²) in [6.07, 6.45) is 5.45. The van der Waals surface area contributed by atoms with Crippen molar-refractivity contribution in [2.45, 2.75) is 64.0 Å². The Balaban J connectivity index is 0.00000523. The van der Waals surface area contributed by atoms with Crippen LogP contribution in [-0.2, 0) is 16.0 Å². The van der Waals surface area contributed by atoms with Crippen LogP contribution in [0.5, 0.6) is 5.75 Å². The first-order valence-electron chi connectivity index (χ1n) is 17.9. The van der Waals surface area contributed by atoms with E-state index in [1.807, 2.05) is 43.3 Å². The lowest BCUT2D eigenvalue weighted by Crippen LogP contribution is -2.48. The largest absolute Gasteiger partial charge is 0.493 e. The minimum absolute atomic E-state index is 0. The lowest BCUT2D eigenvalue weighted by atomic mass is 9.81. The van der Waals surface area contributed by atoms with Gasteiger partial charge in [0, 0.05) is 40.8 Å². The number of piperidine rings is 1. The van der Waals surface area contributed by atoms with Gasteiger partial charge < -0.3 is 31.7 Å². The van der Waals surface area contributed by atoms with E-state index in [-0.39, 0.29) is 42.1 Å². The van der Waals surface area contributed by atoms with Gasteiger partial charge >= 0.3 is 0 Å². The van der Waals surface area contributed by atoms with Crippen molar-refractivity contribution in [1.82, 2.24) is 36.6 Å². The van der Waals surface area contributed by atoms with Gasteiger partial charge in [0.05, 0.1) is 6.61 Å². The molecule has 13 nitrogen and oxygen atoms in total. The number of carbonyl (C=O) groups is 3. The summed E-state index contributed by atoms with van der Waals surface area (Å²) in [5, 5.41) is 26.5. The monoisotopic (exact) mass is 729 g/mol. The number of aromatic nitrogens is 4. The van der Waals surface area contributed by atoms with Crippen molar-refractivity contribution in [1.29, 1.82) is 0 Å². The molecular weight excluding hydrogens is 682 g/mol. The smallest absolute Gasteiger partial charge is 0.251 e. The Bertz CT molecular complexity index is 1760. The van der Waals surface area contributed by atoms with Crippen molar-refractivity contribution in [3.05, 3.63) is 77.9 Å². The van der Waals surface area contributed by atoms with Crippen LogP contribution < -0.4 is 31.7 Å². The van der Waals surface area contributed by atoms with E-state index in [0.717, 1.165) is 73.9 Å². The third-order valence-corrected chi connectivity index (χ3v) is 9.86. The summed E-state index contributed by atoms with van der Waals surface area (Å²) in [6.45, 7) is 4.80. The molecule has 1 aliphatic heterocycles. The van der Waals surface area contributed by atoms with Gasteiger partial charge in [-0.15, -0.1) is 22.6 Å². The van der Waals surface area contributed by atoms with Crippen LogP contribution in [0.4, 0.5) is 5.69 Å². The van der Waals surface area contributed by atoms with E-state index in [2.05, 4.69) is 41.9 Å². The van der Waals surface area contributed by atoms with E-state index in [1.54, 1.807) is 30.3 Å². The maximum absolute atomic E-state index is 13.7. The van der Waals surface area contributed by atoms with Crippen LogP contribution in [0.3, 0.4) is 0 Å². The number of tetrazole rings is 1. The van der Waals surface area contributed by atoms with Crippen LogP contribution in [-0.4, -0.2) is 76.7 Å². The SMILES string of the molecule is CCOc1cc(C(=O)NC2CCNCC2)ccc1-c1ccc(C[C@H](NC(=O)[C@H]2CC[C@H](CN)CC2)C(=O)Nc2ccc(-c3nn[nH]n3)cc2)cc1.Cl. The highest BCUT2D eigenvalue weighted by atomic mass is 35.5. The molecule has 6 rings (SSSR count). The van der Waals surface area contributed by atoms with Crippen molar-refractivity contribution in [3.63, 3.8) is 0 Å². The van der Waals surface area contributed by atoms with Gasteiger partial charge in [0.25, 0.3) is 5.91 Å². The number of hydrogen-bond acceptors (Lipinski definition) is 9. The van der Waals surface area contributed by atoms with Gasteiger partial charge in [-0.05, 0) is 130 Å². The number of rotatable bonds is 13. The fourth-order valence-electron chi connectivity index (χ4n) is 6.84. The van der Waals surface area contributed by atoms with Crippen LogP contribution in [0, 0.1) is 11.8 Å². The van der Waals surface area contributed by atoms with E-state index >= 15 is 0 Å². The molecule has 2 aliphatic rings. The van der Waals surface area contributed by atoms with Crippen LogP contribution in [0.25, 0.3) is 22.5 Å². The first-order valence-corrected chi connectivity index (χ1v) is 17.9. The number of nitrogens with one attached hydrogen (secondary N) is 5. The highest BCUT2D eigenvalue weighted by Crippen LogP contribution is 2.32. The second kappa shape index (κ2) is 18.6. The van der Waals surface area contributed by atoms with Crippen molar-refractivity contribution in [3.8, 4) is 28.3 Å². The van der Waals surface area contributed by atoms with Gasteiger partial charge in [0.2, 0.25) is 17.6 Å². The molecule has 7 N–H and O–H groups in total. The van der Waals surface area contributed by atoms with Crippen molar-refractivity contribution < 1.29 is 19.1 Å². The first-order chi connectivity index (χ1) is 24.9. The summed E-state index contributed by atoms with van der Waals surface area (Å²) in [6, 6.07) is 19.9. The van der Waals surface area contributed by atoms with Crippen molar-refractivity contribution >= 4 is 35.8 Å². The molecule has 0 spiro atoms. The number of benzene rings is 3. The number of anilines is 1. The molecule has 4 aromatic rings. The fraction of sp³-hybridized carbons (Fsp3) is 0.421. The fourth-order valence-corrected chi connectivity index (χ4v) is 6.84. The molecule has 52 heavy (non-hydrogen) atoms. The molecular formula is C38H48ClN9O4. The summed E-state index contributed by atoms with van der Waals surface area (Å²) in [7, 11) is 0. The molecule has 0 unspecified atom stereocenters. The predicted molar refractivity (Wildman–Crippen MR) is 202 cm³/mol. The zero-order valence-corrected chi connectivity index (χ0v) is 30.2. The molecule has 1 saturated carbocycles. The Labute approximate surface area is 310 Å². The molecule has 1 saturated heterocycles. The van der Waals surface area contributed by atoms with E-state index in [4.69, 9.17) is 10.5 Å². The zero-order valence-electron chi connectivity index (χ0n) is 29.4. The molecule has 1 aromatic heterocycles. The van der Waals surface area contributed by atoms with Crippen molar-refractivity contribution in [2.24, 2.45) is 17.6 Å². The molecule has 0 bridgehead atoms. The maximum atomic E-state index is 13.7. The van der Waals surface area contributed by atoms with E-state index in [9.17, 15) is 14.4 Å². The molecule has 3 amide bonds. The normalized spacial score (nSPS) is 18.0. The third kappa shape index (κ3) is 9.93. The number of carbonyl (C=O) groups excluding carboxylic acids is 3. The molecule has 3 aromatic carbocycles. The average molecular weight is 730 g/mol. The summed E-state index contributed by atoms with van der Waals surface area (Å²) < 4.78 is 5.99. The summed E-state index contributed by atoms with van der Waals surface area (Å²) >= 11 is 0. The summed E-state index contributed by atoms with van der Waals surface area (Å²) in [5.41, 5.74) is 10.4. The second-order valence-electron chi connectivity index (χ2n) is 13.4. The Morgan fingerprint density at radius 2 is 1.63 bits per heavy atom. The third-order valence-electron chi connectivity index (χ3n) is 9.86. The number of halogens is 1. The minimum Gasteiger partial charge on any atom is -0.493 e. The number of nitrogens with zero attached hydrogens (tertiary/aromatic N) is 3. The second-order valence-corrected chi connectivity index (χ2v) is 13.4. The van der Waals surface area contributed by atoms with Gasteiger partial charge in [0.15, 0.2) is 0 Å². The van der Waals surface area contributed by atoms with Crippen molar-refractivity contribution in [2.75, 3.05) is 31.6 Å². The summed E-state index contributed by atoms with van der Waals surface area (Å²) in [5.74, 6) is 0.842. The molecule has 1 atom stereocenters. The number of ether oxygens (including phenoxy) is 1. The van der Waals surface area contributed by atoms with Gasteiger partial charge in [-0.2, -0.15) is 5.21 Å². The molecule has 2 fully saturated rings. The predicted octanol–water partition coefficient (Wildman–Crippen LogP) is 4.27. The van der Waals surface area contributed by atoms with Gasteiger partial charge in [-0.1, -0.05) is 24.3 Å². The minimum atomic E-state index is -0.802. The Morgan fingerprint density at radius 3 is 2.29 bits per heavy atom. The Kier molecular flexibility index (Phi) is 13.7. The number of H-pyrrole nitrogens is 1. The van der Waals surface area contributed by atoms with Gasteiger partial charge in [0.1, 0.15) is 11.8 Å². The number of nitrogens with two attached hydrogens (primary N) is 1. The zero-order chi connectivity index (χ0) is 35.6. The Hall–Kier alpha value is -4.85. The van der Waals surface area contributed by atoms with Crippen LogP contribution in [0.1, 0.15) is 61.4 Å². The number of amides is 3. The lowest BCUT2D eigenvalue weighted by molar-refractivity contribution is -0.130. The molecule has 2 heterocycles. The highest BCUT2D eigenvalue weighted by Gasteiger charge is 2.29. The lowest BCUT2D eigenvalue weighted by Gasteiger charge is -2.28. The van der Waals surface area contributed by atoms with Crippen LogP contribution in [0.2, 0.25) is 0 Å². The highest BCUT2D eigenvalue weighted by molar-refractivity contribution is 5.98. The Morgan fingerprint density at radius 1 is 0.923 bits per heavy atom. The van der Waals surface area contributed by atoms with E-state index < -0.39 is 6.04 Å². The van der Waals surface area contributed by atoms with E-state index in [1.165, 1.54) is 0 Å². The summed E-state index contributed by atoms with van der Waals surface area (Å²) in [4.78, 5) is 40.2. The first kappa shape index (κ1) is 38.4. The standard InChI is InChI=1S/C38H47N9O4.ClH/c1-2-51-34-22-29(37(49)41-31-17-19-40-20-18-31)13-16-32(34)26-7-3-24(4-8-26)21-33(43-36(48)28-9-5-25(23-39)6-10-28)38(50)42-30-14-11-27(12-15-30)35-44-46-47-45-35;/h3-4,7-8,11-16,22,25,28,31,33,40H,2,5-6,9-10,17-21,23,39H2,1H3,(H,41,49)(H,42,50)(H,43,48)(H,44,45,46,47);1H/t25-,28-,33-;/m0./s1. The average Bonchev–Trinajstić information content (AvgIpc) is 3.71. The maximum Gasteiger partial charge on any atom is 0.251 e. The molecule has 1 aliphatic carbocycles. The van der Waals surface area contributed by atoms with Crippen LogP contribution in [0.15, 0.2) is 66.7 Å². The topological polar surface area (TPSA) is 189 Å².